The Hall–Kier alpha value is -2.74. The smallest absolute Gasteiger partial charge is 0.243 e. The molecule has 0 aliphatic heterocycles. The first-order valence-electron chi connectivity index (χ1n) is 9.66. The Labute approximate surface area is 179 Å². The zero-order valence-corrected chi connectivity index (χ0v) is 19.1. The van der Waals surface area contributed by atoms with E-state index in [-0.39, 0.29) is 12.6 Å². The van der Waals surface area contributed by atoms with E-state index < -0.39 is 22.0 Å². The van der Waals surface area contributed by atoms with Crippen LogP contribution in [0.25, 0.3) is 0 Å². The van der Waals surface area contributed by atoms with Crippen molar-refractivity contribution in [2.24, 2.45) is 0 Å². The van der Waals surface area contributed by atoms with E-state index in [9.17, 15) is 13.2 Å². The number of anilines is 1. The lowest BCUT2D eigenvalue weighted by molar-refractivity contribution is -0.122. The molecule has 2 rings (SSSR count). The fourth-order valence-electron chi connectivity index (χ4n) is 3.01. The van der Waals surface area contributed by atoms with Crippen molar-refractivity contribution in [3.05, 3.63) is 53.6 Å². The van der Waals surface area contributed by atoms with Gasteiger partial charge >= 0.3 is 0 Å². The number of benzene rings is 2. The Morgan fingerprint density at radius 3 is 2.23 bits per heavy atom. The highest BCUT2D eigenvalue weighted by Crippen LogP contribution is 2.32. The summed E-state index contributed by atoms with van der Waals surface area (Å²) in [7, 11) is -2.28. The van der Waals surface area contributed by atoms with Gasteiger partial charge in [0.2, 0.25) is 15.9 Å². The number of carbonyl (C=O) groups excluding carboxylic acids is 1. The summed E-state index contributed by atoms with van der Waals surface area (Å²) in [5, 5.41) is 2.82. The van der Waals surface area contributed by atoms with Crippen molar-refractivity contribution in [2.45, 2.75) is 39.8 Å². The fraction of sp³-hybridized carbons (Fsp3) is 0.409. The molecule has 0 fully saturated rings. The average molecular weight is 435 g/mol. The first kappa shape index (κ1) is 23.5. The van der Waals surface area contributed by atoms with Gasteiger partial charge in [0, 0.05) is 0 Å². The van der Waals surface area contributed by atoms with Crippen LogP contribution in [0.3, 0.4) is 0 Å². The minimum atomic E-state index is -3.75. The molecule has 2 atom stereocenters. The number of amides is 1. The summed E-state index contributed by atoms with van der Waals surface area (Å²) in [6, 6.07) is 11.5. The van der Waals surface area contributed by atoms with Gasteiger partial charge in [0.25, 0.3) is 0 Å². The molecule has 0 bridgehead atoms. The Morgan fingerprint density at radius 1 is 1.07 bits per heavy atom. The zero-order chi connectivity index (χ0) is 22.5. The van der Waals surface area contributed by atoms with Crippen LogP contribution in [0, 0.1) is 13.8 Å². The van der Waals surface area contributed by atoms with E-state index in [2.05, 4.69) is 5.32 Å². The van der Waals surface area contributed by atoms with E-state index in [4.69, 9.17) is 9.47 Å². The van der Waals surface area contributed by atoms with Gasteiger partial charge < -0.3 is 14.8 Å². The molecule has 2 aromatic rings. The zero-order valence-electron chi connectivity index (χ0n) is 18.3. The number of sulfonamides is 1. The minimum absolute atomic E-state index is 0.258. The molecule has 1 amide bonds. The van der Waals surface area contributed by atoms with Crippen molar-refractivity contribution < 1.29 is 22.7 Å². The number of nitrogens with one attached hydrogen (secondary N) is 1. The second-order valence-corrected chi connectivity index (χ2v) is 9.30. The number of nitrogens with zero attached hydrogens (tertiary/aromatic N) is 1. The van der Waals surface area contributed by atoms with E-state index >= 15 is 0 Å². The molecule has 8 heteroatoms. The number of carbonyl (C=O) groups is 1. The van der Waals surface area contributed by atoms with E-state index in [0.717, 1.165) is 21.7 Å². The molecule has 7 nitrogen and oxygen atoms in total. The maximum atomic E-state index is 12.8. The molecule has 164 valence electrons. The van der Waals surface area contributed by atoms with Gasteiger partial charge in [0.05, 0.1) is 25.1 Å². The quantitative estimate of drug-likeness (QED) is 0.656. The topological polar surface area (TPSA) is 84.9 Å². The number of aryl methyl sites for hydroxylation is 2. The van der Waals surface area contributed by atoms with Crippen LogP contribution >= 0.6 is 0 Å². The molecule has 0 radical (unpaired) electrons. The number of hydrogen-bond acceptors (Lipinski definition) is 5. The maximum absolute atomic E-state index is 12.8. The summed E-state index contributed by atoms with van der Waals surface area (Å²) in [4.78, 5) is 12.8. The molecule has 0 aliphatic carbocycles. The molecule has 0 aromatic heterocycles. The standard InChI is InChI=1S/C22H30N2O5S/c1-15-7-10-19(11-8-15)29-14-17(3)23-22(25)18(4)24(30(6,26)27)20-13-16(2)9-12-21(20)28-5/h7-13,17-18H,14H2,1-6H3,(H,23,25)/t17-,18-/m1/s1. The van der Waals surface area contributed by atoms with Crippen LogP contribution in [-0.4, -0.2) is 46.4 Å². The van der Waals surface area contributed by atoms with E-state index in [1.165, 1.54) is 7.11 Å². The predicted molar refractivity (Wildman–Crippen MR) is 119 cm³/mol. The highest BCUT2D eigenvalue weighted by molar-refractivity contribution is 7.92. The largest absolute Gasteiger partial charge is 0.495 e. The fourth-order valence-corrected chi connectivity index (χ4v) is 4.18. The molecule has 0 saturated heterocycles. The molecule has 0 saturated carbocycles. The van der Waals surface area contributed by atoms with Crippen LogP contribution in [-0.2, 0) is 14.8 Å². The third kappa shape index (κ3) is 6.13. The first-order chi connectivity index (χ1) is 14.0. The van der Waals surface area contributed by atoms with Crippen molar-refractivity contribution >= 4 is 21.6 Å². The molecular weight excluding hydrogens is 404 g/mol. The molecule has 0 unspecified atom stereocenters. The third-order valence-electron chi connectivity index (χ3n) is 4.57. The van der Waals surface area contributed by atoms with Gasteiger partial charge in [-0.05, 0) is 57.5 Å². The SMILES string of the molecule is COc1ccc(C)cc1N([C@H](C)C(=O)N[C@H](C)COc1ccc(C)cc1)S(C)(=O)=O. The van der Waals surface area contributed by atoms with Crippen LogP contribution in [0.15, 0.2) is 42.5 Å². The number of methoxy groups -OCH3 is 1. The summed E-state index contributed by atoms with van der Waals surface area (Å²) in [5.74, 6) is 0.655. The summed E-state index contributed by atoms with van der Waals surface area (Å²) in [6.45, 7) is 7.44. The molecule has 0 aliphatic rings. The molecular formula is C22H30N2O5S. The highest BCUT2D eigenvalue weighted by atomic mass is 32.2. The Balaban J connectivity index is 2.14. The van der Waals surface area contributed by atoms with Crippen molar-refractivity contribution in [3.8, 4) is 11.5 Å². The lowest BCUT2D eigenvalue weighted by Crippen LogP contribution is -2.51. The number of hydrogen-bond donors (Lipinski definition) is 1. The normalized spacial score (nSPS) is 13.3. The lowest BCUT2D eigenvalue weighted by Gasteiger charge is -2.30. The number of ether oxygens (including phenoxy) is 2. The summed E-state index contributed by atoms with van der Waals surface area (Å²) in [6.07, 6.45) is 1.07. The monoisotopic (exact) mass is 434 g/mol. The summed E-state index contributed by atoms with van der Waals surface area (Å²) < 4.78 is 37.2. The van der Waals surface area contributed by atoms with Crippen molar-refractivity contribution in [1.82, 2.24) is 5.32 Å². The van der Waals surface area contributed by atoms with Crippen LogP contribution in [0.1, 0.15) is 25.0 Å². The lowest BCUT2D eigenvalue weighted by atomic mass is 10.2. The Bertz CT molecular complexity index is 974. The van der Waals surface area contributed by atoms with Gasteiger partial charge in [0.1, 0.15) is 24.1 Å². The predicted octanol–water partition coefficient (Wildman–Crippen LogP) is 3.05. The second-order valence-electron chi connectivity index (χ2n) is 7.44. The van der Waals surface area contributed by atoms with Gasteiger partial charge in [-0.2, -0.15) is 0 Å². The van der Waals surface area contributed by atoms with E-state index in [0.29, 0.717) is 17.2 Å². The summed E-state index contributed by atoms with van der Waals surface area (Å²) >= 11 is 0. The highest BCUT2D eigenvalue weighted by Gasteiger charge is 2.31. The van der Waals surface area contributed by atoms with Gasteiger partial charge in [0.15, 0.2) is 0 Å². The van der Waals surface area contributed by atoms with Crippen molar-refractivity contribution in [3.63, 3.8) is 0 Å². The molecule has 30 heavy (non-hydrogen) atoms. The number of rotatable bonds is 9. The van der Waals surface area contributed by atoms with Crippen molar-refractivity contribution in [1.29, 1.82) is 0 Å². The molecule has 2 aromatic carbocycles. The van der Waals surface area contributed by atoms with Gasteiger partial charge in [-0.1, -0.05) is 23.8 Å². The van der Waals surface area contributed by atoms with Crippen LogP contribution in [0.2, 0.25) is 0 Å². The Kier molecular flexibility index (Phi) is 7.72. The molecule has 0 spiro atoms. The third-order valence-corrected chi connectivity index (χ3v) is 5.80. The van der Waals surface area contributed by atoms with Gasteiger partial charge in [-0.3, -0.25) is 9.10 Å². The van der Waals surface area contributed by atoms with E-state index in [1.807, 2.05) is 44.2 Å². The van der Waals surface area contributed by atoms with Gasteiger partial charge in [-0.25, -0.2) is 8.42 Å². The molecule has 0 heterocycles. The minimum Gasteiger partial charge on any atom is -0.495 e. The van der Waals surface area contributed by atoms with Crippen LogP contribution < -0.4 is 19.1 Å². The first-order valence-corrected chi connectivity index (χ1v) is 11.5. The summed E-state index contributed by atoms with van der Waals surface area (Å²) in [5.41, 5.74) is 2.31. The van der Waals surface area contributed by atoms with Crippen molar-refractivity contribution in [2.75, 3.05) is 24.3 Å². The Morgan fingerprint density at radius 2 is 1.67 bits per heavy atom. The second kappa shape index (κ2) is 9.84. The van der Waals surface area contributed by atoms with Crippen LogP contribution in [0.5, 0.6) is 11.5 Å². The van der Waals surface area contributed by atoms with E-state index in [1.54, 1.807) is 26.0 Å². The van der Waals surface area contributed by atoms with Crippen LogP contribution in [0.4, 0.5) is 5.69 Å². The van der Waals surface area contributed by atoms with Gasteiger partial charge in [-0.15, -0.1) is 0 Å². The average Bonchev–Trinajstić information content (AvgIpc) is 2.66. The maximum Gasteiger partial charge on any atom is 0.243 e. The molecule has 1 N–H and O–H groups in total.